The number of phenols is 1. The number of hydrogen-bond donors (Lipinski definition) is 2. The minimum Gasteiger partial charge on any atom is -0.507 e. The smallest absolute Gasteiger partial charge is 0.156 e. The fourth-order valence-electron chi connectivity index (χ4n) is 3.73. The lowest BCUT2D eigenvalue weighted by Crippen LogP contribution is -2.40. The second-order valence-corrected chi connectivity index (χ2v) is 7.21. The molecular formula is C21H24N4O. The summed E-state index contributed by atoms with van der Waals surface area (Å²) >= 11 is 0. The van der Waals surface area contributed by atoms with E-state index < -0.39 is 0 Å². The first-order chi connectivity index (χ1) is 12.6. The number of aromatic hydroxyl groups is 1. The van der Waals surface area contributed by atoms with E-state index in [1.54, 1.807) is 6.07 Å². The van der Waals surface area contributed by atoms with E-state index in [1.807, 2.05) is 37.3 Å². The average Bonchev–Trinajstić information content (AvgIpc) is 2.63. The van der Waals surface area contributed by atoms with Crippen molar-refractivity contribution in [2.45, 2.75) is 25.8 Å². The summed E-state index contributed by atoms with van der Waals surface area (Å²) in [4.78, 5) is 2.34. The van der Waals surface area contributed by atoms with E-state index >= 15 is 0 Å². The predicted octanol–water partition coefficient (Wildman–Crippen LogP) is 3.82. The topological polar surface area (TPSA) is 61.3 Å². The van der Waals surface area contributed by atoms with Crippen molar-refractivity contribution in [3.05, 3.63) is 48.0 Å². The Balaban J connectivity index is 1.76. The van der Waals surface area contributed by atoms with Gasteiger partial charge in [-0.1, -0.05) is 30.3 Å². The largest absolute Gasteiger partial charge is 0.507 e. The number of phenolic OH excluding ortho intramolecular Hbond substituents is 1. The van der Waals surface area contributed by atoms with Gasteiger partial charge in [0.2, 0.25) is 0 Å². The van der Waals surface area contributed by atoms with Crippen LogP contribution in [0.4, 0.5) is 5.82 Å². The molecule has 5 heteroatoms. The zero-order chi connectivity index (χ0) is 18.1. The van der Waals surface area contributed by atoms with Crippen LogP contribution >= 0.6 is 0 Å². The van der Waals surface area contributed by atoms with Crippen molar-refractivity contribution in [2.75, 3.05) is 25.5 Å². The molecule has 0 saturated carbocycles. The molecule has 0 unspecified atom stereocenters. The number of benzene rings is 2. The van der Waals surface area contributed by atoms with Crippen LogP contribution in [0, 0.1) is 6.92 Å². The lowest BCUT2D eigenvalue weighted by Gasteiger charge is -2.30. The molecule has 1 atom stereocenters. The number of likely N-dealkylation sites (tertiary alicyclic amines) is 1. The van der Waals surface area contributed by atoms with Crippen LogP contribution in [0.25, 0.3) is 22.0 Å². The van der Waals surface area contributed by atoms with Gasteiger partial charge in [0.05, 0.1) is 0 Å². The van der Waals surface area contributed by atoms with Gasteiger partial charge < -0.3 is 15.3 Å². The third-order valence-electron chi connectivity index (χ3n) is 5.06. The van der Waals surface area contributed by atoms with Crippen molar-refractivity contribution < 1.29 is 5.11 Å². The number of hydrogen-bond acceptors (Lipinski definition) is 5. The predicted molar refractivity (Wildman–Crippen MR) is 106 cm³/mol. The minimum absolute atomic E-state index is 0.235. The van der Waals surface area contributed by atoms with E-state index in [1.165, 1.54) is 6.42 Å². The first-order valence-electron chi connectivity index (χ1n) is 9.12. The van der Waals surface area contributed by atoms with Crippen LogP contribution in [0.2, 0.25) is 0 Å². The molecular weight excluding hydrogens is 324 g/mol. The number of piperidine rings is 1. The molecule has 26 heavy (non-hydrogen) atoms. The number of rotatable bonds is 3. The van der Waals surface area contributed by atoms with Gasteiger partial charge in [-0.05, 0) is 51.1 Å². The molecule has 1 aliphatic rings. The summed E-state index contributed by atoms with van der Waals surface area (Å²) in [6, 6.07) is 14.1. The number of anilines is 1. The van der Waals surface area contributed by atoms with Gasteiger partial charge in [-0.15, -0.1) is 10.2 Å². The summed E-state index contributed by atoms with van der Waals surface area (Å²) in [5.74, 6) is 1.05. The van der Waals surface area contributed by atoms with Gasteiger partial charge in [-0.25, -0.2) is 0 Å². The van der Waals surface area contributed by atoms with E-state index in [0.717, 1.165) is 41.7 Å². The van der Waals surface area contributed by atoms with E-state index in [9.17, 15) is 5.11 Å². The Hall–Kier alpha value is -2.66. The molecule has 0 spiro atoms. The van der Waals surface area contributed by atoms with Gasteiger partial charge >= 0.3 is 0 Å². The zero-order valence-electron chi connectivity index (χ0n) is 15.2. The molecule has 1 fully saturated rings. The number of nitrogens with zero attached hydrogens (tertiary/aromatic N) is 3. The fraction of sp³-hybridized carbons (Fsp3) is 0.333. The lowest BCUT2D eigenvalue weighted by molar-refractivity contribution is 0.261. The molecule has 1 aromatic heterocycles. The highest BCUT2D eigenvalue weighted by atomic mass is 16.3. The highest BCUT2D eigenvalue weighted by Crippen LogP contribution is 2.35. The molecule has 134 valence electrons. The van der Waals surface area contributed by atoms with Crippen LogP contribution < -0.4 is 5.32 Å². The zero-order valence-corrected chi connectivity index (χ0v) is 15.2. The first kappa shape index (κ1) is 16.8. The van der Waals surface area contributed by atoms with Crippen molar-refractivity contribution in [1.82, 2.24) is 15.1 Å². The number of aromatic nitrogens is 2. The number of likely N-dealkylation sites (N-methyl/N-ethyl adjacent to an activating group) is 1. The molecule has 0 amide bonds. The van der Waals surface area contributed by atoms with Gasteiger partial charge in [0, 0.05) is 28.9 Å². The fourth-order valence-corrected chi connectivity index (χ4v) is 3.73. The van der Waals surface area contributed by atoms with Gasteiger partial charge in [0.25, 0.3) is 0 Å². The maximum absolute atomic E-state index is 10.4. The van der Waals surface area contributed by atoms with Crippen LogP contribution in [0.3, 0.4) is 0 Å². The van der Waals surface area contributed by atoms with Crippen molar-refractivity contribution in [3.8, 4) is 17.0 Å². The molecule has 2 heterocycles. The van der Waals surface area contributed by atoms with Crippen molar-refractivity contribution in [1.29, 1.82) is 0 Å². The summed E-state index contributed by atoms with van der Waals surface area (Å²) < 4.78 is 0. The summed E-state index contributed by atoms with van der Waals surface area (Å²) in [5.41, 5.74) is 2.44. The van der Waals surface area contributed by atoms with Crippen molar-refractivity contribution >= 4 is 16.6 Å². The Labute approximate surface area is 153 Å². The van der Waals surface area contributed by atoms with Gasteiger partial charge in [0.15, 0.2) is 5.82 Å². The minimum atomic E-state index is 0.235. The maximum Gasteiger partial charge on any atom is 0.156 e. The number of aryl methyl sites for hydroxylation is 1. The van der Waals surface area contributed by atoms with Crippen LogP contribution in [0.5, 0.6) is 5.75 Å². The first-order valence-corrected chi connectivity index (χ1v) is 9.12. The van der Waals surface area contributed by atoms with Crippen LogP contribution in [0.1, 0.15) is 18.4 Å². The second kappa shape index (κ2) is 6.92. The van der Waals surface area contributed by atoms with Crippen molar-refractivity contribution in [3.63, 3.8) is 0 Å². The van der Waals surface area contributed by atoms with E-state index in [2.05, 4.69) is 33.5 Å². The normalized spacial score (nSPS) is 18.2. The summed E-state index contributed by atoms with van der Waals surface area (Å²) in [6.45, 7) is 4.12. The molecule has 1 saturated heterocycles. The molecule has 2 aromatic carbocycles. The highest BCUT2D eigenvalue weighted by molar-refractivity contribution is 6.00. The Morgan fingerprint density at radius 3 is 2.69 bits per heavy atom. The molecule has 2 N–H and O–H groups in total. The van der Waals surface area contributed by atoms with Gasteiger partial charge in [0.1, 0.15) is 11.4 Å². The van der Waals surface area contributed by atoms with E-state index in [-0.39, 0.29) is 5.75 Å². The Kier molecular flexibility index (Phi) is 4.47. The molecule has 1 aliphatic heterocycles. The standard InChI is InChI=1S/C21H24N4O/c1-14-9-10-18(19(26)12-14)20-16-7-3-4-8-17(16)21(24-23-20)22-15-6-5-11-25(2)13-15/h3-4,7-10,12,15,26H,5-6,11,13H2,1-2H3,(H,22,24)/t15-/m1/s1. The SMILES string of the molecule is Cc1ccc(-c2nnc(N[C@@H]3CCCN(C)C3)c3ccccc23)c(O)c1. The molecule has 5 nitrogen and oxygen atoms in total. The van der Waals surface area contributed by atoms with Crippen LogP contribution in [-0.2, 0) is 0 Å². The van der Waals surface area contributed by atoms with Crippen LogP contribution in [-0.4, -0.2) is 46.4 Å². The monoisotopic (exact) mass is 348 g/mol. The third kappa shape index (κ3) is 3.22. The highest BCUT2D eigenvalue weighted by Gasteiger charge is 2.20. The quantitative estimate of drug-likeness (QED) is 0.753. The third-order valence-corrected chi connectivity index (χ3v) is 5.06. The molecule has 0 radical (unpaired) electrons. The van der Waals surface area contributed by atoms with E-state index in [0.29, 0.717) is 17.3 Å². The summed E-state index contributed by atoms with van der Waals surface area (Å²) in [5, 5.41) is 24.9. The van der Waals surface area contributed by atoms with Gasteiger partial charge in [-0.2, -0.15) is 0 Å². The van der Waals surface area contributed by atoms with Crippen LogP contribution in [0.15, 0.2) is 42.5 Å². The molecule has 4 rings (SSSR count). The molecule has 0 bridgehead atoms. The van der Waals surface area contributed by atoms with Crippen molar-refractivity contribution in [2.24, 2.45) is 0 Å². The average molecular weight is 348 g/mol. The number of nitrogens with one attached hydrogen (secondary N) is 1. The molecule has 3 aromatic rings. The Bertz CT molecular complexity index is 940. The molecule has 0 aliphatic carbocycles. The lowest BCUT2D eigenvalue weighted by atomic mass is 10.0. The second-order valence-electron chi connectivity index (χ2n) is 7.21. The Morgan fingerprint density at radius 1 is 1.12 bits per heavy atom. The number of fused-ring (bicyclic) bond motifs is 1. The summed E-state index contributed by atoms with van der Waals surface area (Å²) in [7, 11) is 2.15. The summed E-state index contributed by atoms with van der Waals surface area (Å²) in [6.07, 6.45) is 2.33. The van der Waals surface area contributed by atoms with E-state index in [4.69, 9.17) is 0 Å². The maximum atomic E-state index is 10.4. The van der Waals surface area contributed by atoms with Gasteiger partial charge in [-0.3, -0.25) is 0 Å². The Morgan fingerprint density at radius 2 is 1.92 bits per heavy atom.